The Labute approximate surface area is 201 Å². The van der Waals surface area contributed by atoms with Crippen LogP contribution < -0.4 is 20.3 Å². The third-order valence-corrected chi connectivity index (χ3v) is 6.84. The number of hydrogen-bond acceptors (Lipinski definition) is 6. The number of aryl methyl sites for hydroxylation is 1. The summed E-state index contributed by atoms with van der Waals surface area (Å²) in [4.78, 5) is 32.3. The summed E-state index contributed by atoms with van der Waals surface area (Å²) in [6.07, 6.45) is 2.21. The monoisotopic (exact) mass is 465 g/mol. The average Bonchev–Trinajstić information content (AvgIpc) is 2.85. The Morgan fingerprint density at radius 2 is 1.76 bits per heavy atom. The van der Waals surface area contributed by atoms with E-state index in [0.29, 0.717) is 18.0 Å². The first-order valence-corrected chi connectivity index (χ1v) is 11.9. The Morgan fingerprint density at radius 3 is 2.53 bits per heavy atom. The summed E-state index contributed by atoms with van der Waals surface area (Å²) in [7, 11) is 5.79. The van der Waals surface area contributed by atoms with E-state index in [0.717, 1.165) is 45.6 Å². The van der Waals surface area contributed by atoms with Crippen LogP contribution in [0.1, 0.15) is 23.6 Å². The first kappa shape index (κ1) is 24.0. The number of likely N-dealkylation sites (N-methyl/N-ethyl adjacent to an activating group) is 1. The van der Waals surface area contributed by atoms with Gasteiger partial charge >= 0.3 is 11.8 Å². The van der Waals surface area contributed by atoms with Crippen LogP contribution in [0.25, 0.3) is 0 Å². The summed E-state index contributed by atoms with van der Waals surface area (Å²) in [5.74, 6) is -0.839. The second kappa shape index (κ2) is 10.9. The number of benzene rings is 2. The van der Waals surface area contributed by atoms with Crippen LogP contribution in [0.2, 0.25) is 0 Å². The smallest absolute Gasteiger partial charge is 0.313 e. The number of carbonyl (C=O) groups is 2. The van der Waals surface area contributed by atoms with Crippen LogP contribution in [0.15, 0.2) is 42.5 Å². The van der Waals surface area contributed by atoms with E-state index in [1.54, 1.807) is 18.2 Å². The SMILES string of the molecule is COc1ccccc1NC(=O)C(=O)NC[C@@H](c1ccc2c(c1)CCCN2C)N1CCN(C)CC1. The maximum absolute atomic E-state index is 12.7. The van der Waals surface area contributed by atoms with Crippen molar-refractivity contribution in [3.05, 3.63) is 53.6 Å². The van der Waals surface area contributed by atoms with E-state index in [2.05, 4.69) is 57.6 Å². The predicted molar refractivity (Wildman–Crippen MR) is 134 cm³/mol. The number of hydrogen-bond donors (Lipinski definition) is 2. The number of para-hydroxylation sites is 2. The lowest BCUT2D eigenvalue weighted by molar-refractivity contribution is -0.136. The maximum Gasteiger partial charge on any atom is 0.313 e. The molecule has 0 unspecified atom stereocenters. The fourth-order valence-electron chi connectivity index (χ4n) is 4.80. The Morgan fingerprint density at radius 1 is 1.00 bits per heavy atom. The number of piperazine rings is 1. The summed E-state index contributed by atoms with van der Waals surface area (Å²) in [5.41, 5.74) is 4.29. The summed E-state index contributed by atoms with van der Waals surface area (Å²) in [6, 6.07) is 13.7. The molecule has 0 radical (unpaired) electrons. The summed E-state index contributed by atoms with van der Waals surface area (Å²) < 4.78 is 5.26. The topological polar surface area (TPSA) is 77.1 Å². The molecule has 2 aliphatic rings. The van der Waals surface area contributed by atoms with Crippen molar-refractivity contribution >= 4 is 23.2 Å². The molecule has 2 aliphatic heterocycles. The van der Waals surface area contributed by atoms with Gasteiger partial charge in [0.05, 0.1) is 18.8 Å². The second-order valence-corrected chi connectivity index (χ2v) is 9.13. The minimum absolute atomic E-state index is 0.00856. The number of amides is 2. The number of fused-ring (bicyclic) bond motifs is 1. The van der Waals surface area contributed by atoms with Gasteiger partial charge in [0, 0.05) is 52.0 Å². The van der Waals surface area contributed by atoms with E-state index in [1.165, 1.54) is 23.9 Å². The molecule has 0 aromatic heterocycles. The van der Waals surface area contributed by atoms with Crippen molar-refractivity contribution in [1.29, 1.82) is 0 Å². The van der Waals surface area contributed by atoms with Crippen molar-refractivity contribution in [1.82, 2.24) is 15.1 Å². The second-order valence-electron chi connectivity index (χ2n) is 9.13. The van der Waals surface area contributed by atoms with E-state index in [9.17, 15) is 9.59 Å². The predicted octanol–water partition coefficient (Wildman–Crippen LogP) is 2.12. The zero-order valence-electron chi connectivity index (χ0n) is 20.3. The quantitative estimate of drug-likeness (QED) is 0.637. The molecular formula is C26H35N5O3. The van der Waals surface area contributed by atoms with Gasteiger partial charge in [0.15, 0.2) is 0 Å². The molecule has 1 saturated heterocycles. The Hall–Kier alpha value is -3.10. The van der Waals surface area contributed by atoms with Crippen molar-refractivity contribution in [3.8, 4) is 5.75 Å². The van der Waals surface area contributed by atoms with Crippen molar-refractivity contribution in [2.45, 2.75) is 18.9 Å². The van der Waals surface area contributed by atoms with Gasteiger partial charge in [0.25, 0.3) is 0 Å². The summed E-state index contributed by atoms with van der Waals surface area (Å²) in [6.45, 7) is 5.24. The van der Waals surface area contributed by atoms with Crippen LogP contribution in [-0.4, -0.2) is 82.1 Å². The zero-order chi connectivity index (χ0) is 24.1. The fourth-order valence-corrected chi connectivity index (χ4v) is 4.80. The number of nitrogens with one attached hydrogen (secondary N) is 2. The first-order valence-electron chi connectivity index (χ1n) is 11.9. The molecule has 0 bridgehead atoms. The van der Waals surface area contributed by atoms with Crippen molar-refractivity contribution in [2.24, 2.45) is 0 Å². The van der Waals surface area contributed by atoms with Gasteiger partial charge in [-0.05, 0) is 49.2 Å². The molecule has 34 heavy (non-hydrogen) atoms. The lowest BCUT2D eigenvalue weighted by Crippen LogP contribution is -2.49. The third kappa shape index (κ3) is 5.51. The van der Waals surface area contributed by atoms with Gasteiger partial charge in [-0.3, -0.25) is 14.5 Å². The van der Waals surface area contributed by atoms with E-state index >= 15 is 0 Å². The number of nitrogens with zero attached hydrogens (tertiary/aromatic N) is 3. The maximum atomic E-state index is 12.7. The molecular weight excluding hydrogens is 430 g/mol. The normalized spacial score (nSPS) is 17.6. The van der Waals surface area contributed by atoms with Gasteiger partial charge in [-0.2, -0.15) is 0 Å². The Bertz CT molecular complexity index is 1020. The lowest BCUT2D eigenvalue weighted by atomic mass is 9.95. The van der Waals surface area contributed by atoms with Crippen LogP contribution in [0, 0.1) is 0 Å². The van der Waals surface area contributed by atoms with Crippen molar-refractivity contribution in [2.75, 3.05) is 70.7 Å². The van der Waals surface area contributed by atoms with Gasteiger partial charge in [0.2, 0.25) is 0 Å². The van der Waals surface area contributed by atoms with E-state index in [1.807, 2.05) is 6.07 Å². The van der Waals surface area contributed by atoms with Gasteiger partial charge < -0.3 is 25.2 Å². The Balaban J connectivity index is 1.47. The number of anilines is 2. The largest absolute Gasteiger partial charge is 0.495 e. The highest BCUT2D eigenvalue weighted by Gasteiger charge is 2.27. The van der Waals surface area contributed by atoms with Crippen molar-refractivity contribution < 1.29 is 14.3 Å². The first-order chi connectivity index (χ1) is 16.5. The molecule has 8 heteroatoms. The van der Waals surface area contributed by atoms with Gasteiger partial charge in [-0.25, -0.2) is 0 Å². The molecule has 182 valence electrons. The van der Waals surface area contributed by atoms with Crippen LogP contribution in [0.4, 0.5) is 11.4 Å². The van der Waals surface area contributed by atoms with Crippen molar-refractivity contribution in [3.63, 3.8) is 0 Å². The zero-order valence-corrected chi connectivity index (χ0v) is 20.3. The molecule has 2 N–H and O–H groups in total. The van der Waals surface area contributed by atoms with Crippen LogP contribution in [0.3, 0.4) is 0 Å². The van der Waals surface area contributed by atoms with Gasteiger partial charge in [0.1, 0.15) is 5.75 Å². The number of ether oxygens (including phenoxy) is 1. The molecule has 2 amide bonds. The number of methoxy groups -OCH3 is 1. The molecule has 0 spiro atoms. The van der Waals surface area contributed by atoms with E-state index in [4.69, 9.17) is 4.74 Å². The Kier molecular flexibility index (Phi) is 7.70. The molecule has 2 aromatic carbocycles. The lowest BCUT2D eigenvalue weighted by Gasteiger charge is -2.39. The molecule has 0 saturated carbocycles. The minimum atomic E-state index is -0.700. The average molecular weight is 466 g/mol. The molecule has 8 nitrogen and oxygen atoms in total. The highest BCUT2D eigenvalue weighted by molar-refractivity contribution is 6.39. The standard InChI is InChI=1S/C26H35N5O3/c1-29-13-15-31(16-14-29)23(20-10-11-22-19(17-20)7-6-12-30(22)2)18-27-25(32)26(33)28-21-8-4-5-9-24(21)34-3/h4-5,8-11,17,23H,6-7,12-16,18H2,1-3H3,(H,27,32)(H,28,33)/t23-/m0/s1. The summed E-state index contributed by atoms with van der Waals surface area (Å²) >= 11 is 0. The highest BCUT2D eigenvalue weighted by Crippen LogP contribution is 2.31. The number of rotatable bonds is 6. The van der Waals surface area contributed by atoms with Crippen LogP contribution >= 0.6 is 0 Å². The molecule has 1 atom stereocenters. The number of carbonyl (C=O) groups excluding carboxylic acids is 2. The van der Waals surface area contributed by atoms with Gasteiger partial charge in [-0.1, -0.05) is 24.3 Å². The summed E-state index contributed by atoms with van der Waals surface area (Å²) in [5, 5.41) is 5.53. The van der Waals surface area contributed by atoms with E-state index < -0.39 is 11.8 Å². The fraction of sp³-hybridized carbons (Fsp3) is 0.462. The van der Waals surface area contributed by atoms with Crippen LogP contribution in [0.5, 0.6) is 5.75 Å². The molecule has 2 aromatic rings. The molecule has 2 heterocycles. The van der Waals surface area contributed by atoms with Crippen LogP contribution in [-0.2, 0) is 16.0 Å². The minimum Gasteiger partial charge on any atom is -0.495 e. The van der Waals surface area contributed by atoms with Gasteiger partial charge in [-0.15, -0.1) is 0 Å². The highest BCUT2D eigenvalue weighted by atomic mass is 16.5. The van der Waals surface area contributed by atoms with E-state index in [-0.39, 0.29) is 6.04 Å². The molecule has 1 fully saturated rings. The molecule has 0 aliphatic carbocycles. The third-order valence-electron chi connectivity index (χ3n) is 6.84. The molecule has 4 rings (SSSR count).